The number of thiazole rings is 1. The molecule has 2 heterocycles. The van der Waals surface area contributed by atoms with E-state index in [1.165, 1.54) is 19.6 Å². The predicted octanol–water partition coefficient (Wildman–Crippen LogP) is 2.27. The van der Waals surface area contributed by atoms with Crippen molar-refractivity contribution in [2.45, 2.75) is 12.2 Å². The normalized spacial score (nSPS) is 13.2. The van der Waals surface area contributed by atoms with Crippen LogP contribution in [-0.2, 0) is 6.18 Å². The van der Waals surface area contributed by atoms with Gasteiger partial charge in [-0.2, -0.15) is 13.2 Å². The van der Waals surface area contributed by atoms with Crippen LogP contribution in [-0.4, -0.2) is 29.1 Å². The zero-order valence-electron chi connectivity index (χ0n) is 10.6. The summed E-state index contributed by atoms with van der Waals surface area (Å²) in [4.78, 5) is 11.7. The van der Waals surface area contributed by atoms with Crippen LogP contribution in [0.1, 0.15) is 21.6 Å². The van der Waals surface area contributed by atoms with E-state index in [9.17, 15) is 13.2 Å². The molecule has 0 amide bonds. The van der Waals surface area contributed by atoms with E-state index in [1.807, 2.05) is 0 Å². The molecule has 2 aromatic rings. The molecule has 5 nitrogen and oxygen atoms in total. The second-order valence-corrected chi connectivity index (χ2v) is 4.83. The Balaban J connectivity index is 2.34. The van der Waals surface area contributed by atoms with Crippen molar-refractivity contribution in [3.63, 3.8) is 0 Å². The van der Waals surface area contributed by atoms with Gasteiger partial charge in [-0.05, 0) is 7.05 Å². The predicted molar refractivity (Wildman–Crippen MR) is 66.6 cm³/mol. The molecule has 1 N–H and O–H groups in total. The smallest absolute Gasteiger partial charge is 0.443 e. The number of rotatable bonds is 4. The first-order valence-electron chi connectivity index (χ1n) is 5.52. The summed E-state index contributed by atoms with van der Waals surface area (Å²) in [6.07, 6.45) is -1.95. The fourth-order valence-electron chi connectivity index (χ4n) is 1.61. The number of hydrogen-bond donors (Lipinski definition) is 1. The second-order valence-electron chi connectivity index (χ2n) is 3.77. The molecular weight excluding hydrogens is 293 g/mol. The minimum atomic E-state index is -4.44. The number of methoxy groups -OCH3 is 1. The fraction of sp³-hybridized carbons (Fsp3) is 0.364. The highest BCUT2D eigenvalue weighted by Gasteiger charge is 2.35. The summed E-state index contributed by atoms with van der Waals surface area (Å²) in [7, 11) is 3.08. The first kappa shape index (κ1) is 14.7. The number of nitrogens with zero attached hydrogens (tertiary/aromatic N) is 3. The number of ether oxygens (including phenoxy) is 1. The molecule has 1 atom stereocenters. The Morgan fingerprint density at radius 2 is 2.05 bits per heavy atom. The molecule has 2 rings (SSSR count). The van der Waals surface area contributed by atoms with Crippen LogP contribution in [0.15, 0.2) is 18.6 Å². The summed E-state index contributed by atoms with van der Waals surface area (Å²) in [5.41, 5.74) is 0.511. The first-order valence-corrected chi connectivity index (χ1v) is 6.33. The van der Waals surface area contributed by atoms with Gasteiger partial charge in [-0.1, -0.05) is 0 Å². The lowest BCUT2D eigenvalue weighted by atomic mass is 10.2. The molecular formula is C11H11F3N4OS. The van der Waals surface area contributed by atoms with Crippen LogP contribution in [0.4, 0.5) is 13.2 Å². The zero-order chi connectivity index (χ0) is 14.8. The monoisotopic (exact) mass is 304 g/mol. The van der Waals surface area contributed by atoms with Crippen LogP contribution in [0, 0.1) is 0 Å². The van der Waals surface area contributed by atoms with Crippen molar-refractivity contribution in [1.29, 1.82) is 0 Å². The molecule has 0 aliphatic rings. The van der Waals surface area contributed by atoms with E-state index in [2.05, 4.69) is 20.3 Å². The lowest BCUT2D eigenvalue weighted by molar-refractivity contribution is -0.137. The Morgan fingerprint density at radius 3 is 2.60 bits per heavy atom. The van der Waals surface area contributed by atoms with Gasteiger partial charge in [0.15, 0.2) is 5.01 Å². The molecule has 108 valence electrons. The first-order chi connectivity index (χ1) is 9.45. The number of alkyl halides is 3. The van der Waals surface area contributed by atoms with E-state index in [0.29, 0.717) is 27.8 Å². The van der Waals surface area contributed by atoms with Gasteiger partial charge in [0.25, 0.3) is 0 Å². The molecule has 0 aromatic carbocycles. The van der Waals surface area contributed by atoms with Crippen LogP contribution in [0.3, 0.4) is 0 Å². The Hall–Kier alpha value is -1.74. The third-order valence-corrected chi connectivity index (χ3v) is 3.61. The van der Waals surface area contributed by atoms with Crippen molar-refractivity contribution in [3.05, 3.63) is 34.2 Å². The van der Waals surface area contributed by atoms with Crippen molar-refractivity contribution < 1.29 is 17.9 Å². The van der Waals surface area contributed by atoms with Crippen LogP contribution in [0.2, 0.25) is 0 Å². The Kier molecular flexibility index (Phi) is 4.19. The van der Waals surface area contributed by atoms with Gasteiger partial charge in [-0.3, -0.25) is 0 Å². The van der Waals surface area contributed by atoms with E-state index < -0.39 is 17.2 Å². The summed E-state index contributed by atoms with van der Waals surface area (Å²) < 4.78 is 42.7. The number of nitrogens with one attached hydrogen (secondary N) is 1. The molecule has 9 heteroatoms. The highest BCUT2D eigenvalue weighted by atomic mass is 32.1. The van der Waals surface area contributed by atoms with Crippen LogP contribution in [0.25, 0.3) is 0 Å². The molecule has 0 saturated carbocycles. The third-order valence-electron chi connectivity index (χ3n) is 2.51. The van der Waals surface area contributed by atoms with E-state index >= 15 is 0 Å². The molecule has 20 heavy (non-hydrogen) atoms. The lowest BCUT2D eigenvalue weighted by Gasteiger charge is -2.13. The molecule has 0 aliphatic heterocycles. The maximum absolute atomic E-state index is 12.6. The van der Waals surface area contributed by atoms with Gasteiger partial charge in [0, 0.05) is 17.1 Å². The van der Waals surface area contributed by atoms with E-state index in [0.717, 1.165) is 0 Å². The summed E-state index contributed by atoms with van der Waals surface area (Å²) >= 11 is 0.581. The van der Waals surface area contributed by atoms with Gasteiger partial charge in [0.2, 0.25) is 5.88 Å². The SMILES string of the molecule is CNC(c1cc(OC)ncn1)c1cnc(C(F)(F)F)s1. The minimum Gasteiger partial charge on any atom is -0.481 e. The highest BCUT2D eigenvalue weighted by Crippen LogP contribution is 2.35. The van der Waals surface area contributed by atoms with E-state index in [4.69, 9.17) is 4.74 Å². The van der Waals surface area contributed by atoms with Crippen LogP contribution < -0.4 is 10.1 Å². The Bertz CT molecular complexity index is 587. The Labute approximate surface area is 116 Å². The molecule has 0 bridgehead atoms. The van der Waals surface area contributed by atoms with Crippen molar-refractivity contribution in [2.24, 2.45) is 0 Å². The van der Waals surface area contributed by atoms with Crippen molar-refractivity contribution in [2.75, 3.05) is 14.2 Å². The number of halogens is 3. The molecule has 0 aliphatic carbocycles. The van der Waals surface area contributed by atoms with E-state index in [-0.39, 0.29) is 0 Å². The van der Waals surface area contributed by atoms with Crippen molar-refractivity contribution in [1.82, 2.24) is 20.3 Å². The maximum atomic E-state index is 12.6. The summed E-state index contributed by atoms with van der Waals surface area (Å²) in [5, 5.41) is 2.03. The summed E-state index contributed by atoms with van der Waals surface area (Å²) in [5.74, 6) is 0.343. The van der Waals surface area contributed by atoms with Gasteiger partial charge in [-0.15, -0.1) is 11.3 Å². The average molecular weight is 304 g/mol. The van der Waals surface area contributed by atoms with Gasteiger partial charge in [-0.25, -0.2) is 15.0 Å². The quantitative estimate of drug-likeness (QED) is 0.939. The third kappa shape index (κ3) is 3.05. The van der Waals surface area contributed by atoms with Gasteiger partial charge >= 0.3 is 6.18 Å². The number of aromatic nitrogens is 3. The lowest BCUT2D eigenvalue weighted by Crippen LogP contribution is -2.18. The topological polar surface area (TPSA) is 59.9 Å². The highest BCUT2D eigenvalue weighted by molar-refractivity contribution is 7.11. The van der Waals surface area contributed by atoms with E-state index in [1.54, 1.807) is 13.1 Å². The zero-order valence-corrected chi connectivity index (χ0v) is 11.4. The largest absolute Gasteiger partial charge is 0.481 e. The summed E-state index contributed by atoms with van der Waals surface area (Å²) in [6.45, 7) is 0. The second kappa shape index (κ2) is 5.71. The molecule has 0 spiro atoms. The van der Waals surface area contributed by atoms with Crippen molar-refractivity contribution >= 4 is 11.3 Å². The fourth-order valence-corrected chi connectivity index (χ4v) is 2.52. The minimum absolute atomic E-state index is 0.343. The molecule has 0 fully saturated rings. The number of hydrogen-bond acceptors (Lipinski definition) is 6. The molecule has 0 saturated heterocycles. The van der Waals surface area contributed by atoms with Crippen molar-refractivity contribution in [3.8, 4) is 5.88 Å². The standard InChI is InChI=1S/C11H11F3N4OS/c1-15-9(6-3-8(19-2)18-5-17-6)7-4-16-10(20-7)11(12,13)14/h3-5,9,15H,1-2H3. The Morgan fingerprint density at radius 1 is 1.30 bits per heavy atom. The molecule has 2 aromatic heterocycles. The molecule has 0 radical (unpaired) electrons. The summed E-state index contributed by atoms with van der Waals surface area (Å²) in [6, 6.07) is 1.06. The average Bonchev–Trinajstić information content (AvgIpc) is 2.89. The van der Waals surface area contributed by atoms with Gasteiger partial charge < -0.3 is 10.1 Å². The van der Waals surface area contributed by atoms with Crippen LogP contribution in [0.5, 0.6) is 5.88 Å². The maximum Gasteiger partial charge on any atom is 0.443 e. The van der Waals surface area contributed by atoms with Gasteiger partial charge in [0.05, 0.1) is 18.8 Å². The van der Waals surface area contributed by atoms with Crippen LogP contribution >= 0.6 is 11.3 Å². The van der Waals surface area contributed by atoms with Gasteiger partial charge in [0.1, 0.15) is 6.33 Å². The molecule has 1 unspecified atom stereocenters.